The molecular formula is C11H17NO2. The van der Waals surface area contributed by atoms with Gasteiger partial charge in [-0.05, 0) is 26.3 Å². The first-order valence-electron chi connectivity index (χ1n) is 4.96. The van der Waals surface area contributed by atoms with Crippen molar-refractivity contribution >= 4 is 5.91 Å². The molecule has 0 aliphatic rings. The van der Waals surface area contributed by atoms with Gasteiger partial charge < -0.3 is 9.73 Å². The van der Waals surface area contributed by atoms with Gasteiger partial charge in [0.15, 0.2) is 0 Å². The molecule has 1 aromatic rings. The van der Waals surface area contributed by atoms with Crippen LogP contribution in [0.5, 0.6) is 0 Å². The van der Waals surface area contributed by atoms with Gasteiger partial charge in [0.25, 0.3) is 0 Å². The Morgan fingerprint density at radius 1 is 1.50 bits per heavy atom. The van der Waals surface area contributed by atoms with Crippen LogP contribution in [-0.2, 0) is 11.3 Å². The summed E-state index contributed by atoms with van der Waals surface area (Å²) >= 11 is 0. The maximum Gasteiger partial charge on any atom is 0.220 e. The van der Waals surface area contributed by atoms with Gasteiger partial charge in [0, 0.05) is 18.5 Å². The van der Waals surface area contributed by atoms with E-state index in [2.05, 4.69) is 5.32 Å². The zero-order chi connectivity index (χ0) is 10.6. The first-order chi connectivity index (χ1) is 6.63. The summed E-state index contributed by atoms with van der Waals surface area (Å²) in [5.74, 6) is 1.88. The summed E-state index contributed by atoms with van der Waals surface area (Å²) < 4.78 is 5.36. The minimum atomic E-state index is 0.103. The number of carbonyl (C=O) groups excluding carboxylic acids is 1. The second-order valence-electron chi connectivity index (χ2n) is 3.47. The molecule has 1 N–H and O–H groups in total. The van der Waals surface area contributed by atoms with Crippen LogP contribution in [0.3, 0.4) is 0 Å². The summed E-state index contributed by atoms with van der Waals surface area (Å²) in [5.41, 5.74) is 1.06. The quantitative estimate of drug-likeness (QED) is 0.801. The largest absolute Gasteiger partial charge is 0.466 e. The second-order valence-corrected chi connectivity index (χ2v) is 3.47. The van der Waals surface area contributed by atoms with Crippen molar-refractivity contribution in [2.75, 3.05) is 0 Å². The molecular weight excluding hydrogens is 178 g/mol. The molecule has 0 aliphatic heterocycles. The highest BCUT2D eigenvalue weighted by molar-refractivity contribution is 5.75. The van der Waals surface area contributed by atoms with Crippen molar-refractivity contribution in [2.45, 2.75) is 40.2 Å². The highest BCUT2D eigenvalue weighted by atomic mass is 16.3. The lowest BCUT2D eigenvalue weighted by molar-refractivity contribution is -0.121. The number of hydrogen-bond acceptors (Lipinski definition) is 2. The van der Waals surface area contributed by atoms with E-state index in [0.717, 1.165) is 23.5 Å². The van der Waals surface area contributed by atoms with Gasteiger partial charge in [-0.3, -0.25) is 4.79 Å². The first kappa shape index (κ1) is 10.8. The maximum atomic E-state index is 11.2. The molecule has 0 radical (unpaired) electrons. The normalized spacial score (nSPS) is 10.2. The van der Waals surface area contributed by atoms with E-state index in [-0.39, 0.29) is 5.91 Å². The second kappa shape index (κ2) is 4.84. The number of amides is 1. The van der Waals surface area contributed by atoms with Gasteiger partial charge in [0.2, 0.25) is 5.91 Å². The fourth-order valence-electron chi connectivity index (χ4n) is 1.37. The highest BCUT2D eigenvalue weighted by Crippen LogP contribution is 2.12. The van der Waals surface area contributed by atoms with E-state index in [0.29, 0.717) is 13.0 Å². The smallest absolute Gasteiger partial charge is 0.220 e. The molecule has 0 spiro atoms. The Morgan fingerprint density at radius 2 is 2.21 bits per heavy atom. The zero-order valence-corrected chi connectivity index (χ0v) is 9.02. The molecule has 0 unspecified atom stereocenters. The van der Waals surface area contributed by atoms with Crippen LogP contribution in [0.1, 0.15) is 36.8 Å². The SMILES string of the molecule is CCCC(=O)NCc1cc(C)oc1C. The highest BCUT2D eigenvalue weighted by Gasteiger charge is 2.05. The Labute approximate surface area is 84.5 Å². The molecule has 1 rings (SSSR count). The van der Waals surface area contributed by atoms with Crippen molar-refractivity contribution in [3.63, 3.8) is 0 Å². The summed E-state index contributed by atoms with van der Waals surface area (Å²) in [6, 6.07) is 1.96. The Kier molecular flexibility index (Phi) is 3.74. The molecule has 1 heterocycles. The van der Waals surface area contributed by atoms with Gasteiger partial charge in [0.1, 0.15) is 11.5 Å². The first-order valence-corrected chi connectivity index (χ1v) is 4.96. The lowest BCUT2D eigenvalue weighted by atomic mass is 10.2. The molecule has 78 valence electrons. The number of carbonyl (C=O) groups is 1. The number of aryl methyl sites for hydroxylation is 2. The van der Waals surface area contributed by atoms with Crippen LogP contribution in [0, 0.1) is 13.8 Å². The van der Waals surface area contributed by atoms with E-state index in [9.17, 15) is 4.79 Å². The van der Waals surface area contributed by atoms with Crippen molar-refractivity contribution in [1.29, 1.82) is 0 Å². The van der Waals surface area contributed by atoms with E-state index in [1.807, 2.05) is 26.8 Å². The fourth-order valence-corrected chi connectivity index (χ4v) is 1.37. The van der Waals surface area contributed by atoms with Gasteiger partial charge >= 0.3 is 0 Å². The molecule has 0 saturated heterocycles. The van der Waals surface area contributed by atoms with Crippen LogP contribution in [0.25, 0.3) is 0 Å². The molecule has 0 aliphatic carbocycles. The Bertz CT molecular complexity index is 315. The van der Waals surface area contributed by atoms with Gasteiger partial charge in [-0.1, -0.05) is 6.92 Å². The van der Waals surface area contributed by atoms with Gasteiger partial charge in [-0.15, -0.1) is 0 Å². The third-order valence-electron chi connectivity index (χ3n) is 2.10. The minimum Gasteiger partial charge on any atom is -0.466 e. The molecule has 0 atom stereocenters. The number of hydrogen-bond donors (Lipinski definition) is 1. The Hall–Kier alpha value is -1.25. The van der Waals surface area contributed by atoms with Crippen LogP contribution in [0.15, 0.2) is 10.5 Å². The van der Waals surface area contributed by atoms with Crippen molar-refractivity contribution in [3.05, 3.63) is 23.2 Å². The molecule has 1 aromatic heterocycles. The summed E-state index contributed by atoms with van der Waals surface area (Å²) in [5, 5.41) is 2.86. The predicted octanol–water partition coefficient (Wildman–Crippen LogP) is 2.31. The van der Waals surface area contributed by atoms with Crippen LogP contribution >= 0.6 is 0 Å². The van der Waals surface area contributed by atoms with Crippen LogP contribution in [0.4, 0.5) is 0 Å². The van der Waals surface area contributed by atoms with Crippen molar-refractivity contribution in [2.24, 2.45) is 0 Å². The monoisotopic (exact) mass is 195 g/mol. The van der Waals surface area contributed by atoms with Crippen molar-refractivity contribution in [3.8, 4) is 0 Å². The molecule has 14 heavy (non-hydrogen) atoms. The van der Waals surface area contributed by atoms with Crippen molar-refractivity contribution < 1.29 is 9.21 Å². The van der Waals surface area contributed by atoms with E-state index in [1.165, 1.54) is 0 Å². The number of rotatable bonds is 4. The van der Waals surface area contributed by atoms with Gasteiger partial charge in [0.05, 0.1) is 0 Å². The predicted molar refractivity (Wildman–Crippen MR) is 54.9 cm³/mol. The molecule has 3 nitrogen and oxygen atoms in total. The Balaban J connectivity index is 2.45. The van der Waals surface area contributed by atoms with Crippen LogP contribution < -0.4 is 5.32 Å². The van der Waals surface area contributed by atoms with Crippen LogP contribution in [0.2, 0.25) is 0 Å². The van der Waals surface area contributed by atoms with E-state index < -0.39 is 0 Å². The maximum absolute atomic E-state index is 11.2. The van der Waals surface area contributed by atoms with Crippen LogP contribution in [-0.4, -0.2) is 5.91 Å². The van der Waals surface area contributed by atoms with E-state index in [1.54, 1.807) is 0 Å². The standard InChI is InChI=1S/C11H17NO2/c1-4-5-11(13)12-7-10-6-8(2)14-9(10)3/h6H,4-5,7H2,1-3H3,(H,12,13). The molecule has 0 aromatic carbocycles. The van der Waals surface area contributed by atoms with E-state index >= 15 is 0 Å². The molecule has 3 heteroatoms. The summed E-state index contributed by atoms with van der Waals surface area (Å²) in [4.78, 5) is 11.2. The topological polar surface area (TPSA) is 42.2 Å². The summed E-state index contributed by atoms with van der Waals surface area (Å²) in [6.45, 7) is 6.38. The van der Waals surface area contributed by atoms with E-state index in [4.69, 9.17) is 4.42 Å². The third kappa shape index (κ3) is 2.91. The van der Waals surface area contributed by atoms with Gasteiger partial charge in [-0.2, -0.15) is 0 Å². The zero-order valence-electron chi connectivity index (χ0n) is 9.02. The van der Waals surface area contributed by atoms with Gasteiger partial charge in [-0.25, -0.2) is 0 Å². The average Bonchev–Trinajstić information content (AvgIpc) is 2.42. The molecule has 0 fully saturated rings. The number of furan rings is 1. The molecule has 1 amide bonds. The molecule has 0 bridgehead atoms. The summed E-state index contributed by atoms with van der Waals surface area (Å²) in [6.07, 6.45) is 1.48. The minimum absolute atomic E-state index is 0.103. The Morgan fingerprint density at radius 3 is 2.71 bits per heavy atom. The summed E-state index contributed by atoms with van der Waals surface area (Å²) in [7, 11) is 0. The van der Waals surface area contributed by atoms with Crippen molar-refractivity contribution in [1.82, 2.24) is 5.32 Å². The fraction of sp³-hybridized carbons (Fsp3) is 0.545. The third-order valence-corrected chi connectivity index (χ3v) is 2.10. The average molecular weight is 195 g/mol. The molecule has 0 saturated carbocycles. The number of nitrogens with one attached hydrogen (secondary N) is 1. The lowest BCUT2D eigenvalue weighted by Crippen LogP contribution is -2.22. The lowest BCUT2D eigenvalue weighted by Gasteiger charge is -2.02.